The molecule has 0 aliphatic carbocycles. The Morgan fingerprint density at radius 3 is 2.80 bits per heavy atom. The first kappa shape index (κ1) is 15.5. The third-order valence-electron chi connectivity index (χ3n) is 4.76. The summed E-state index contributed by atoms with van der Waals surface area (Å²) in [5.41, 5.74) is 3.52. The molecule has 3 aromatic rings. The van der Waals surface area contributed by atoms with E-state index in [1.807, 2.05) is 6.07 Å². The maximum absolute atomic E-state index is 14.4. The van der Waals surface area contributed by atoms with Crippen LogP contribution in [0.25, 0.3) is 11.0 Å². The molecular formula is C19H15F2N3O. The number of fused-ring (bicyclic) bond motifs is 1. The second kappa shape index (κ2) is 5.51. The number of carbonyl (C=O) groups excluding carboxylic acids is 1. The molecule has 1 aromatic heterocycles. The Morgan fingerprint density at radius 1 is 1.20 bits per heavy atom. The van der Waals surface area contributed by atoms with Crippen molar-refractivity contribution < 1.29 is 13.6 Å². The number of imidazole rings is 1. The van der Waals surface area contributed by atoms with Crippen molar-refractivity contribution in [1.82, 2.24) is 9.97 Å². The van der Waals surface area contributed by atoms with Crippen LogP contribution in [0.1, 0.15) is 25.5 Å². The van der Waals surface area contributed by atoms with E-state index in [4.69, 9.17) is 0 Å². The van der Waals surface area contributed by atoms with Crippen LogP contribution in [-0.4, -0.2) is 15.9 Å². The molecule has 2 heterocycles. The van der Waals surface area contributed by atoms with Crippen LogP contribution in [0.5, 0.6) is 0 Å². The van der Waals surface area contributed by atoms with Crippen molar-refractivity contribution in [3.05, 3.63) is 71.1 Å². The van der Waals surface area contributed by atoms with Crippen LogP contribution < -0.4 is 4.90 Å². The Balaban J connectivity index is 1.90. The molecular weight excluding hydrogens is 326 g/mol. The molecule has 1 amide bonds. The zero-order valence-electron chi connectivity index (χ0n) is 13.7. The van der Waals surface area contributed by atoms with E-state index >= 15 is 0 Å². The van der Waals surface area contributed by atoms with E-state index < -0.39 is 17.7 Å². The van der Waals surface area contributed by atoms with E-state index in [9.17, 15) is 13.6 Å². The summed E-state index contributed by atoms with van der Waals surface area (Å²) in [5.74, 6) is -2.08. The smallest absolute Gasteiger partial charge is 0.254 e. The van der Waals surface area contributed by atoms with Crippen molar-refractivity contribution >= 4 is 22.6 Å². The molecule has 1 aliphatic heterocycles. The van der Waals surface area contributed by atoms with Crippen molar-refractivity contribution in [2.75, 3.05) is 4.90 Å². The average Bonchev–Trinajstić information content (AvgIpc) is 3.15. The first-order chi connectivity index (χ1) is 12.0. The molecule has 2 aromatic carbocycles. The second-order valence-electron chi connectivity index (χ2n) is 6.13. The van der Waals surface area contributed by atoms with Crippen molar-refractivity contribution in [3.63, 3.8) is 0 Å². The highest BCUT2D eigenvalue weighted by Gasteiger charge is 2.38. The topological polar surface area (TPSA) is 49.0 Å². The quantitative estimate of drug-likeness (QED) is 0.757. The number of halogens is 2. The molecule has 0 bridgehead atoms. The number of nitrogens with zero attached hydrogens (tertiary/aromatic N) is 2. The Morgan fingerprint density at radius 2 is 2.00 bits per heavy atom. The van der Waals surface area contributed by atoms with Gasteiger partial charge in [-0.3, -0.25) is 9.69 Å². The lowest BCUT2D eigenvalue weighted by atomic mass is 9.98. The molecule has 25 heavy (non-hydrogen) atoms. The van der Waals surface area contributed by atoms with Crippen molar-refractivity contribution in [2.24, 2.45) is 0 Å². The van der Waals surface area contributed by atoms with Crippen LogP contribution in [0.2, 0.25) is 0 Å². The van der Waals surface area contributed by atoms with E-state index in [0.717, 1.165) is 11.6 Å². The second-order valence-corrected chi connectivity index (χ2v) is 6.13. The van der Waals surface area contributed by atoms with Crippen LogP contribution in [0.15, 0.2) is 53.9 Å². The minimum absolute atomic E-state index is 0.143. The zero-order chi connectivity index (χ0) is 17.7. The number of H-pyrrole nitrogens is 1. The summed E-state index contributed by atoms with van der Waals surface area (Å²) in [5, 5.41) is 0. The first-order valence-corrected chi connectivity index (χ1v) is 7.87. The number of hydrogen-bond acceptors (Lipinski definition) is 2. The minimum atomic E-state index is -0.930. The molecule has 4 rings (SSSR count). The molecule has 0 fully saturated rings. The Kier molecular flexibility index (Phi) is 3.42. The standard InChI is InChI=1S/C19H15F2N3O/c1-10-11(2)19(25)24(12-6-7-15-16(8-12)23-9-22-15)18(10)13-4-3-5-14(20)17(13)21/h3-9,18H,1-2H3,(H,22,23)/i9+2. The van der Waals surface area contributed by atoms with E-state index in [0.29, 0.717) is 22.4 Å². The van der Waals surface area contributed by atoms with E-state index in [-0.39, 0.29) is 11.5 Å². The van der Waals surface area contributed by atoms with Gasteiger partial charge in [0.15, 0.2) is 11.6 Å². The molecule has 126 valence electrons. The van der Waals surface area contributed by atoms with Gasteiger partial charge in [-0.25, -0.2) is 13.8 Å². The number of carbonyl (C=O) groups is 1. The van der Waals surface area contributed by atoms with Gasteiger partial charge in [-0.05, 0) is 43.7 Å². The Bertz CT molecular complexity index is 1040. The van der Waals surface area contributed by atoms with Gasteiger partial charge in [0, 0.05) is 16.8 Å². The average molecular weight is 341 g/mol. The number of amides is 1. The summed E-state index contributed by atoms with van der Waals surface area (Å²) in [4.78, 5) is 21.5. The number of anilines is 1. The van der Waals surface area contributed by atoms with Crippen molar-refractivity contribution in [2.45, 2.75) is 19.9 Å². The number of benzene rings is 2. The summed E-state index contributed by atoms with van der Waals surface area (Å²) in [6, 6.07) is 8.70. The first-order valence-electron chi connectivity index (χ1n) is 7.87. The van der Waals surface area contributed by atoms with Gasteiger partial charge in [-0.15, -0.1) is 0 Å². The van der Waals surface area contributed by atoms with Gasteiger partial charge in [0.25, 0.3) is 5.91 Å². The highest BCUT2D eigenvalue weighted by Crippen LogP contribution is 2.42. The zero-order valence-corrected chi connectivity index (χ0v) is 13.7. The largest absolute Gasteiger partial charge is 0.345 e. The molecule has 1 aliphatic rings. The summed E-state index contributed by atoms with van der Waals surface area (Å²) >= 11 is 0. The predicted molar refractivity (Wildman–Crippen MR) is 91.1 cm³/mol. The molecule has 0 radical (unpaired) electrons. The molecule has 1 atom stereocenters. The van der Waals surface area contributed by atoms with Crippen LogP contribution in [0.4, 0.5) is 14.5 Å². The van der Waals surface area contributed by atoms with Crippen molar-refractivity contribution in [3.8, 4) is 0 Å². The van der Waals surface area contributed by atoms with Crippen LogP contribution in [0, 0.1) is 11.6 Å². The highest BCUT2D eigenvalue weighted by atomic mass is 19.2. The summed E-state index contributed by atoms with van der Waals surface area (Å²) in [6.45, 7) is 3.48. The van der Waals surface area contributed by atoms with Gasteiger partial charge in [-0.1, -0.05) is 12.1 Å². The van der Waals surface area contributed by atoms with Crippen LogP contribution in [-0.2, 0) is 4.79 Å². The van der Waals surface area contributed by atoms with Crippen LogP contribution in [0.3, 0.4) is 0 Å². The van der Waals surface area contributed by atoms with E-state index in [1.54, 1.807) is 32.3 Å². The number of nitrogens with one attached hydrogen (secondary N) is 1. The van der Waals surface area contributed by atoms with Crippen LogP contribution >= 0.6 is 0 Å². The molecule has 0 saturated heterocycles. The van der Waals surface area contributed by atoms with Gasteiger partial charge < -0.3 is 4.98 Å². The molecule has 6 heteroatoms. The summed E-state index contributed by atoms with van der Waals surface area (Å²) in [7, 11) is 0. The third kappa shape index (κ3) is 2.25. The molecule has 1 unspecified atom stereocenters. The normalized spacial score (nSPS) is 17.8. The SMILES string of the molecule is CC1=C(C)C(c2cccc(F)c2F)N(c2ccc3[nH][14cH]nc3c2)C1=O. The fourth-order valence-corrected chi connectivity index (χ4v) is 3.31. The maximum Gasteiger partial charge on any atom is 0.254 e. The number of hydrogen-bond donors (Lipinski definition) is 1. The van der Waals surface area contributed by atoms with Gasteiger partial charge in [0.05, 0.1) is 23.4 Å². The lowest BCUT2D eigenvalue weighted by Crippen LogP contribution is -2.30. The molecule has 0 spiro atoms. The van der Waals surface area contributed by atoms with Gasteiger partial charge >= 0.3 is 0 Å². The third-order valence-corrected chi connectivity index (χ3v) is 4.76. The number of rotatable bonds is 2. The molecule has 1 N–H and O–H groups in total. The highest BCUT2D eigenvalue weighted by molar-refractivity contribution is 6.10. The van der Waals surface area contributed by atoms with Gasteiger partial charge in [0.2, 0.25) is 0 Å². The lowest BCUT2D eigenvalue weighted by molar-refractivity contribution is -0.114. The molecule has 4 nitrogen and oxygen atoms in total. The van der Waals surface area contributed by atoms with Gasteiger partial charge in [0.1, 0.15) is 0 Å². The van der Waals surface area contributed by atoms with Crippen molar-refractivity contribution in [1.29, 1.82) is 0 Å². The van der Waals surface area contributed by atoms with E-state index in [2.05, 4.69) is 9.97 Å². The fourth-order valence-electron chi connectivity index (χ4n) is 3.31. The minimum Gasteiger partial charge on any atom is -0.345 e. The monoisotopic (exact) mass is 341 g/mol. The fraction of sp³-hybridized carbons (Fsp3) is 0.158. The maximum atomic E-state index is 14.4. The molecule has 0 saturated carbocycles. The Labute approximate surface area is 142 Å². The number of aromatic amines is 1. The van der Waals surface area contributed by atoms with Gasteiger partial charge in [-0.2, -0.15) is 0 Å². The van der Waals surface area contributed by atoms with E-state index in [1.165, 1.54) is 17.0 Å². The Hall–Kier alpha value is -3.02. The number of aromatic nitrogens is 2. The summed E-state index contributed by atoms with van der Waals surface area (Å²) < 4.78 is 28.2. The summed E-state index contributed by atoms with van der Waals surface area (Å²) in [6.07, 6.45) is 1.57. The predicted octanol–water partition coefficient (Wildman–Crippen LogP) is 4.27. The lowest BCUT2D eigenvalue weighted by Gasteiger charge is -2.27.